The third kappa shape index (κ3) is 4.15. The van der Waals surface area contributed by atoms with Crippen LogP contribution in [0, 0.1) is 11.9 Å². The molecule has 0 aliphatic carbocycles. The molecule has 1 atom stereocenters. The molecule has 4 nitrogen and oxygen atoms in total. The van der Waals surface area contributed by atoms with Gasteiger partial charge in [-0.25, -0.2) is 4.98 Å². The topological polar surface area (TPSA) is 31.4 Å². The van der Waals surface area contributed by atoms with Gasteiger partial charge >= 0.3 is 0 Å². The van der Waals surface area contributed by atoms with E-state index in [1.54, 1.807) is 6.07 Å². The average Bonchev–Trinajstić information content (AvgIpc) is 2.41. The molecule has 2 rings (SSSR count). The number of nitrogens with zero attached hydrogens (tertiary/aromatic N) is 3. The Morgan fingerprint density at radius 2 is 1.95 bits per heavy atom. The maximum atomic E-state index is 13.1. The van der Waals surface area contributed by atoms with E-state index in [9.17, 15) is 4.39 Å². The van der Waals surface area contributed by atoms with E-state index < -0.39 is 5.95 Å². The summed E-state index contributed by atoms with van der Waals surface area (Å²) in [7, 11) is 2.16. The van der Waals surface area contributed by atoms with Crippen molar-refractivity contribution in [1.29, 1.82) is 0 Å². The first-order chi connectivity index (χ1) is 9.56. The molecule has 1 N–H and O–H groups in total. The number of hydrogen-bond donors (Lipinski definition) is 1. The van der Waals surface area contributed by atoms with Crippen molar-refractivity contribution in [1.82, 2.24) is 14.8 Å². The van der Waals surface area contributed by atoms with Crippen molar-refractivity contribution in [3.63, 3.8) is 0 Å². The van der Waals surface area contributed by atoms with Gasteiger partial charge in [0.1, 0.15) is 5.82 Å². The van der Waals surface area contributed by atoms with Crippen LogP contribution in [0.1, 0.15) is 13.8 Å². The van der Waals surface area contributed by atoms with Crippen LogP contribution in [-0.4, -0.2) is 60.6 Å². The van der Waals surface area contributed by atoms with Crippen LogP contribution < -0.4 is 5.32 Å². The summed E-state index contributed by atoms with van der Waals surface area (Å²) in [4.78, 5) is 8.74. The highest BCUT2D eigenvalue weighted by molar-refractivity contribution is 5.33. The van der Waals surface area contributed by atoms with Gasteiger partial charge in [0.25, 0.3) is 0 Å². The van der Waals surface area contributed by atoms with Crippen molar-refractivity contribution in [2.24, 2.45) is 5.92 Å². The van der Waals surface area contributed by atoms with E-state index in [2.05, 4.69) is 41.0 Å². The van der Waals surface area contributed by atoms with Crippen LogP contribution in [0.3, 0.4) is 0 Å². The lowest BCUT2D eigenvalue weighted by Crippen LogP contribution is -2.52. The summed E-state index contributed by atoms with van der Waals surface area (Å²) >= 11 is 0. The van der Waals surface area contributed by atoms with Gasteiger partial charge < -0.3 is 10.2 Å². The number of anilines is 1. The molecule has 0 unspecified atom stereocenters. The van der Waals surface area contributed by atoms with E-state index in [-0.39, 0.29) is 0 Å². The number of rotatable bonds is 5. The second-order valence-corrected chi connectivity index (χ2v) is 5.88. The van der Waals surface area contributed by atoms with Crippen LogP contribution >= 0.6 is 0 Å². The molecule has 0 radical (unpaired) electrons. The second-order valence-electron chi connectivity index (χ2n) is 5.88. The first-order valence-corrected chi connectivity index (χ1v) is 7.35. The smallest absolute Gasteiger partial charge is 0.214 e. The highest BCUT2D eigenvalue weighted by atomic mass is 19.1. The molecule has 1 aromatic rings. The molecule has 1 saturated heterocycles. The average molecular weight is 280 g/mol. The molecule has 0 amide bonds. The molecular formula is C15H25FN4. The van der Waals surface area contributed by atoms with Crippen molar-refractivity contribution in [3.8, 4) is 0 Å². The molecule has 1 aliphatic heterocycles. The number of halogens is 1. The Labute approximate surface area is 121 Å². The maximum Gasteiger partial charge on any atom is 0.214 e. The zero-order valence-corrected chi connectivity index (χ0v) is 12.6. The van der Waals surface area contributed by atoms with E-state index in [0.717, 1.165) is 32.7 Å². The maximum absolute atomic E-state index is 13.1. The van der Waals surface area contributed by atoms with Crippen molar-refractivity contribution in [2.75, 3.05) is 45.1 Å². The number of aromatic nitrogens is 1. The van der Waals surface area contributed by atoms with Gasteiger partial charge in [0.15, 0.2) is 0 Å². The zero-order chi connectivity index (χ0) is 14.5. The molecule has 20 heavy (non-hydrogen) atoms. The molecule has 0 spiro atoms. The second kappa shape index (κ2) is 6.99. The van der Waals surface area contributed by atoms with Crippen LogP contribution in [-0.2, 0) is 0 Å². The minimum absolute atomic E-state index is 0.435. The summed E-state index contributed by atoms with van der Waals surface area (Å²) in [5.41, 5.74) is 0. The first-order valence-electron chi connectivity index (χ1n) is 7.35. The normalized spacial score (nSPS) is 19.2. The molecule has 0 bridgehead atoms. The monoisotopic (exact) mass is 280 g/mol. The van der Waals surface area contributed by atoms with E-state index in [4.69, 9.17) is 0 Å². The van der Waals surface area contributed by atoms with Crippen LogP contribution in [0.15, 0.2) is 18.2 Å². The molecule has 1 aliphatic rings. The lowest BCUT2D eigenvalue weighted by Gasteiger charge is -2.40. The number of pyridine rings is 1. The molecule has 0 aromatic carbocycles. The van der Waals surface area contributed by atoms with Gasteiger partial charge in [-0.1, -0.05) is 19.9 Å². The van der Waals surface area contributed by atoms with E-state index >= 15 is 0 Å². The van der Waals surface area contributed by atoms with Gasteiger partial charge in [-0.3, -0.25) is 4.90 Å². The van der Waals surface area contributed by atoms with E-state index in [0.29, 0.717) is 17.8 Å². The summed E-state index contributed by atoms with van der Waals surface area (Å²) in [6, 6.07) is 5.31. The highest BCUT2D eigenvalue weighted by Crippen LogP contribution is 2.14. The molecule has 112 valence electrons. The lowest BCUT2D eigenvalue weighted by atomic mass is 10.0. The van der Waals surface area contributed by atoms with Gasteiger partial charge in [0.05, 0.1) is 0 Å². The quantitative estimate of drug-likeness (QED) is 0.835. The van der Waals surface area contributed by atoms with Crippen molar-refractivity contribution in [3.05, 3.63) is 24.1 Å². The van der Waals surface area contributed by atoms with Crippen LogP contribution in [0.4, 0.5) is 10.2 Å². The Balaban J connectivity index is 1.92. The number of likely N-dealkylation sites (N-methyl/N-ethyl adjacent to an activating group) is 1. The van der Waals surface area contributed by atoms with Crippen LogP contribution in [0.25, 0.3) is 0 Å². The Morgan fingerprint density at radius 1 is 1.25 bits per heavy atom. The number of hydrogen-bond acceptors (Lipinski definition) is 4. The summed E-state index contributed by atoms with van der Waals surface area (Å²) in [5, 5.41) is 3.27. The van der Waals surface area contributed by atoms with E-state index in [1.807, 2.05) is 6.07 Å². The van der Waals surface area contributed by atoms with Crippen LogP contribution in [0.5, 0.6) is 0 Å². The predicted molar refractivity (Wildman–Crippen MR) is 80.4 cm³/mol. The third-order valence-electron chi connectivity index (χ3n) is 3.98. The Hall–Kier alpha value is -1.20. The van der Waals surface area contributed by atoms with Crippen molar-refractivity contribution in [2.45, 2.75) is 19.9 Å². The summed E-state index contributed by atoms with van der Waals surface area (Å²) in [5.74, 6) is 0.736. The number of piperazine rings is 1. The predicted octanol–water partition coefficient (Wildman–Crippen LogP) is 1.90. The zero-order valence-electron chi connectivity index (χ0n) is 12.6. The highest BCUT2D eigenvalue weighted by Gasteiger charge is 2.24. The Kier molecular flexibility index (Phi) is 5.31. The van der Waals surface area contributed by atoms with Gasteiger partial charge in [0.2, 0.25) is 5.95 Å². The summed E-state index contributed by atoms with van der Waals surface area (Å²) in [6.07, 6.45) is 0. The number of nitrogens with one attached hydrogen (secondary N) is 1. The third-order valence-corrected chi connectivity index (χ3v) is 3.98. The first kappa shape index (κ1) is 15.2. The molecule has 5 heteroatoms. The molecule has 1 aromatic heterocycles. The Morgan fingerprint density at radius 3 is 2.55 bits per heavy atom. The fourth-order valence-electron chi connectivity index (χ4n) is 2.66. The fourth-order valence-corrected chi connectivity index (χ4v) is 2.66. The molecule has 1 fully saturated rings. The largest absolute Gasteiger partial charge is 0.368 e. The minimum atomic E-state index is -0.435. The van der Waals surface area contributed by atoms with Gasteiger partial charge in [-0.05, 0) is 25.1 Å². The lowest BCUT2D eigenvalue weighted by molar-refractivity contribution is 0.0944. The molecular weight excluding hydrogens is 255 g/mol. The van der Waals surface area contributed by atoms with Gasteiger partial charge in [0, 0.05) is 38.8 Å². The molecule has 0 saturated carbocycles. The SMILES string of the molecule is CC(C)[C@H](CNc1cccc(F)n1)N1CCN(C)CC1. The van der Waals surface area contributed by atoms with E-state index in [1.165, 1.54) is 6.07 Å². The minimum Gasteiger partial charge on any atom is -0.368 e. The van der Waals surface area contributed by atoms with Crippen molar-refractivity contribution >= 4 is 5.82 Å². The summed E-state index contributed by atoms with van der Waals surface area (Å²) < 4.78 is 13.1. The van der Waals surface area contributed by atoms with Gasteiger partial charge in [-0.2, -0.15) is 4.39 Å². The molecule has 2 heterocycles. The van der Waals surface area contributed by atoms with Crippen LogP contribution in [0.2, 0.25) is 0 Å². The Bertz CT molecular complexity index is 416. The standard InChI is InChI=1S/C15H25FN4/c1-12(2)13(20-9-7-19(3)8-10-20)11-17-15-6-4-5-14(16)18-15/h4-6,12-13H,7-11H2,1-3H3,(H,17,18)/t13-/m0/s1. The van der Waals surface area contributed by atoms with Crippen molar-refractivity contribution < 1.29 is 4.39 Å². The summed E-state index contributed by atoms with van der Waals surface area (Å²) in [6.45, 7) is 9.70. The fraction of sp³-hybridized carbons (Fsp3) is 0.667. The van der Waals surface area contributed by atoms with Gasteiger partial charge in [-0.15, -0.1) is 0 Å².